The summed E-state index contributed by atoms with van der Waals surface area (Å²) in [4.78, 5) is 20.0. The van der Waals surface area contributed by atoms with E-state index in [9.17, 15) is 9.90 Å². The van der Waals surface area contributed by atoms with Crippen LogP contribution in [-0.2, 0) is 6.54 Å². The smallest absolute Gasteiger partial charge is 0.250 e. The second kappa shape index (κ2) is 7.34. The van der Waals surface area contributed by atoms with E-state index in [1.807, 2.05) is 24.3 Å². The lowest BCUT2D eigenvalue weighted by atomic mass is 9.77. The number of hydrogen-bond acceptors (Lipinski definition) is 4. The molecular weight excluding hydrogens is 364 g/mol. The number of hydrogen-bond donors (Lipinski definition) is 1. The predicted octanol–water partition coefficient (Wildman–Crippen LogP) is 3.16. The molecule has 0 amide bonds. The van der Waals surface area contributed by atoms with Crippen LogP contribution in [0.4, 0.5) is 5.95 Å². The third-order valence-electron chi connectivity index (χ3n) is 6.62. The Balaban J connectivity index is 1.58. The number of fused-ring (bicyclic) bond motifs is 5. The molecule has 0 unspecified atom stereocenters. The molecule has 0 spiro atoms. The summed E-state index contributed by atoms with van der Waals surface area (Å²) in [5.74, 6) is 1.71. The van der Waals surface area contributed by atoms with Crippen molar-refractivity contribution in [2.45, 2.75) is 44.7 Å². The first kappa shape index (κ1) is 18.4. The van der Waals surface area contributed by atoms with Crippen LogP contribution in [0.2, 0.25) is 0 Å². The highest BCUT2D eigenvalue weighted by atomic mass is 16.3. The molecule has 3 atom stereocenters. The minimum Gasteiger partial charge on any atom is -0.395 e. The molecule has 0 radical (unpaired) electrons. The molecule has 1 fully saturated rings. The molecule has 0 aliphatic carbocycles. The van der Waals surface area contributed by atoms with Crippen LogP contribution in [0.3, 0.4) is 0 Å². The summed E-state index contributed by atoms with van der Waals surface area (Å²) in [6.45, 7) is 4.58. The van der Waals surface area contributed by atoms with Crippen LogP contribution in [0.1, 0.15) is 43.8 Å². The second-order valence-electron chi connectivity index (χ2n) is 8.39. The van der Waals surface area contributed by atoms with Gasteiger partial charge in [0.05, 0.1) is 17.6 Å². The molecule has 1 aromatic carbocycles. The molecule has 6 heteroatoms. The third kappa shape index (κ3) is 2.97. The molecule has 5 rings (SSSR count). The molecule has 2 aliphatic rings. The van der Waals surface area contributed by atoms with Crippen molar-refractivity contribution in [3.63, 3.8) is 0 Å². The van der Waals surface area contributed by atoms with Crippen LogP contribution < -0.4 is 10.5 Å². The van der Waals surface area contributed by atoms with E-state index in [1.54, 1.807) is 6.07 Å². The van der Waals surface area contributed by atoms with E-state index in [-0.39, 0.29) is 18.2 Å². The van der Waals surface area contributed by atoms with Gasteiger partial charge in [0.15, 0.2) is 0 Å². The number of pyridine rings is 1. The number of aliphatic hydroxyl groups excluding tert-OH is 1. The molecule has 152 valence electrons. The van der Waals surface area contributed by atoms with Gasteiger partial charge in [0.1, 0.15) is 0 Å². The van der Waals surface area contributed by atoms with E-state index in [0.717, 1.165) is 49.3 Å². The van der Waals surface area contributed by atoms with E-state index in [2.05, 4.69) is 33.1 Å². The summed E-state index contributed by atoms with van der Waals surface area (Å²) in [6, 6.07) is 14.1. The lowest BCUT2D eigenvalue weighted by Gasteiger charge is -2.47. The van der Waals surface area contributed by atoms with Gasteiger partial charge >= 0.3 is 0 Å². The number of rotatable bonds is 5. The lowest BCUT2D eigenvalue weighted by Crippen LogP contribution is -2.50. The van der Waals surface area contributed by atoms with Gasteiger partial charge in [-0.1, -0.05) is 31.5 Å². The van der Waals surface area contributed by atoms with Gasteiger partial charge in [-0.2, -0.15) is 0 Å². The van der Waals surface area contributed by atoms with E-state index >= 15 is 0 Å². The molecule has 4 heterocycles. The highest BCUT2D eigenvalue weighted by molar-refractivity contribution is 5.78. The topological polar surface area (TPSA) is 63.3 Å². The van der Waals surface area contributed by atoms with Gasteiger partial charge in [0.2, 0.25) is 5.95 Å². The van der Waals surface area contributed by atoms with Crippen molar-refractivity contribution in [2.24, 2.45) is 5.92 Å². The standard InChI is InChI=1S/C23H28N4O2/c1-2-6-19-16-13-17(20-9-5-10-22(29)27(19)20)15-25(14-16)23-24-18-7-3-4-8-21(18)26(23)11-12-28/h3-5,7-10,16-17,19,28H,2,6,11-15H2,1H3/t16-,17+,19-/m0/s1. The fraction of sp³-hybridized carbons (Fsp3) is 0.478. The van der Waals surface area contributed by atoms with Crippen molar-refractivity contribution < 1.29 is 5.11 Å². The third-order valence-corrected chi connectivity index (χ3v) is 6.62. The molecule has 2 aromatic heterocycles. The Morgan fingerprint density at radius 3 is 2.83 bits per heavy atom. The summed E-state index contributed by atoms with van der Waals surface area (Å²) in [7, 11) is 0. The second-order valence-corrected chi connectivity index (χ2v) is 8.39. The van der Waals surface area contributed by atoms with E-state index in [4.69, 9.17) is 4.98 Å². The van der Waals surface area contributed by atoms with Crippen LogP contribution in [0.5, 0.6) is 0 Å². The fourth-order valence-corrected chi connectivity index (χ4v) is 5.50. The van der Waals surface area contributed by atoms with Gasteiger partial charge in [-0.25, -0.2) is 4.98 Å². The highest BCUT2D eigenvalue weighted by Crippen LogP contribution is 2.44. The molecule has 1 saturated heterocycles. The van der Waals surface area contributed by atoms with Gasteiger partial charge < -0.3 is 19.1 Å². The largest absolute Gasteiger partial charge is 0.395 e. The lowest BCUT2D eigenvalue weighted by molar-refractivity contribution is 0.200. The number of imidazole rings is 1. The Kier molecular flexibility index (Phi) is 4.66. The molecule has 2 bridgehead atoms. The Hall–Kier alpha value is -2.60. The first-order valence-corrected chi connectivity index (χ1v) is 10.7. The summed E-state index contributed by atoms with van der Waals surface area (Å²) < 4.78 is 4.22. The molecule has 29 heavy (non-hydrogen) atoms. The van der Waals surface area contributed by atoms with E-state index in [1.165, 1.54) is 5.69 Å². The molecule has 3 aromatic rings. The number of para-hydroxylation sites is 2. The Labute approximate surface area is 170 Å². The van der Waals surface area contributed by atoms with Crippen molar-refractivity contribution >= 4 is 17.0 Å². The number of aliphatic hydroxyl groups is 1. The molecular formula is C23H28N4O2. The summed E-state index contributed by atoms with van der Waals surface area (Å²) in [6.07, 6.45) is 3.22. The zero-order chi connectivity index (χ0) is 20.0. The van der Waals surface area contributed by atoms with Gasteiger partial charge in [-0.15, -0.1) is 0 Å². The van der Waals surface area contributed by atoms with Crippen molar-refractivity contribution in [3.8, 4) is 0 Å². The van der Waals surface area contributed by atoms with Gasteiger partial charge in [0, 0.05) is 43.4 Å². The predicted molar refractivity (Wildman–Crippen MR) is 115 cm³/mol. The van der Waals surface area contributed by atoms with Crippen molar-refractivity contribution in [1.29, 1.82) is 0 Å². The van der Waals surface area contributed by atoms with Crippen LogP contribution in [0, 0.1) is 5.92 Å². The van der Waals surface area contributed by atoms with E-state index in [0.29, 0.717) is 18.4 Å². The van der Waals surface area contributed by atoms with Crippen LogP contribution in [0.25, 0.3) is 11.0 Å². The SMILES string of the molecule is CCC[C@H]1[C@H]2C[C@H](CN(c3nc4ccccc4n3CCO)C2)c2cccc(=O)n21. The van der Waals surface area contributed by atoms with Crippen molar-refractivity contribution in [2.75, 3.05) is 24.6 Å². The average molecular weight is 393 g/mol. The quantitative estimate of drug-likeness (QED) is 0.725. The molecule has 0 saturated carbocycles. The zero-order valence-corrected chi connectivity index (χ0v) is 16.9. The maximum atomic E-state index is 12.7. The first-order valence-electron chi connectivity index (χ1n) is 10.7. The highest BCUT2D eigenvalue weighted by Gasteiger charge is 2.41. The Morgan fingerprint density at radius 1 is 1.14 bits per heavy atom. The maximum absolute atomic E-state index is 12.7. The zero-order valence-electron chi connectivity index (χ0n) is 16.9. The maximum Gasteiger partial charge on any atom is 0.250 e. The summed E-state index contributed by atoms with van der Waals surface area (Å²) >= 11 is 0. The van der Waals surface area contributed by atoms with Crippen LogP contribution >= 0.6 is 0 Å². The van der Waals surface area contributed by atoms with E-state index < -0.39 is 0 Å². The monoisotopic (exact) mass is 392 g/mol. The number of benzene rings is 1. The number of aromatic nitrogens is 3. The van der Waals surface area contributed by atoms with Gasteiger partial charge in [0.25, 0.3) is 5.56 Å². The number of nitrogens with zero attached hydrogens (tertiary/aromatic N) is 4. The molecule has 2 aliphatic heterocycles. The average Bonchev–Trinajstić information content (AvgIpc) is 3.10. The molecule has 1 N–H and O–H groups in total. The normalized spacial score (nSPS) is 23.4. The summed E-state index contributed by atoms with van der Waals surface area (Å²) in [5, 5.41) is 9.65. The van der Waals surface area contributed by atoms with Gasteiger partial charge in [-0.3, -0.25) is 4.79 Å². The Morgan fingerprint density at radius 2 is 2.00 bits per heavy atom. The minimum absolute atomic E-state index is 0.0880. The first-order chi connectivity index (χ1) is 14.2. The number of piperidine rings is 1. The minimum atomic E-state index is 0.0880. The Bertz CT molecular complexity index is 1090. The fourth-order valence-electron chi connectivity index (χ4n) is 5.50. The molecule has 6 nitrogen and oxygen atoms in total. The van der Waals surface area contributed by atoms with Crippen molar-refractivity contribution in [1.82, 2.24) is 14.1 Å². The van der Waals surface area contributed by atoms with Crippen LogP contribution in [-0.4, -0.2) is 38.9 Å². The van der Waals surface area contributed by atoms with Crippen LogP contribution in [0.15, 0.2) is 47.3 Å². The summed E-state index contributed by atoms with van der Waals surface area (Å²) in [5.41, 5.74) is 3.33. The van der Waals surface area contributed by atoms with Crippen molar-refractivity contribution in [3.05, 3.63) is 58.5 Å². The number of anilines is 1. The van der Waals surface area contributed by atoms with Gasteiger partial charge in [-0.05, 0) is 37.0 Å².